The minimum atomic E-state index is -3.70. The van der Waals surface area contributed by atoms with Crippen molar-refractivity contribution in [3.05, 3.63) is 176 Å². The van der Waals surface area contributed by atoms with Crippen LogP contribution < -0.4 is 47.4 Å². The smallest absolute Gasteiger partial charge is 0.171 e. The Morgan fingerprint density at radius 2 is 0.733 bits per heavy atom. The first-order valence-corrected chi connectivity index (χ1v) is 35.0. The van der Waals surface area contributed by atoms with Crippen molar-refractivity contribution in [1.82, 2.24) is 0 Å². The van der Waals surface area contributed by atoms with Gasteiger partial charge in [-0.1, -0.05) is 229 Å². The van der Waals surface area contributed by atoms with Gasteiger partial charge in [0.1, 0.15) is 0 Å². The summed E-state index contributed by atoms with van der Waals surface area (Å²) in [5, 5.41) is 12.9. The fraction of sp³-hybridized carbons (Fsp3) is 0.170. The monoisotopic (exact) mass is 870 g/mol. The van der Waals surface area contributed by atoms with E-state index in [9.17, 15) is 0 Å². The van der Waals surface area contributed by atoms with E-state index in [4.69, 9.17) is 0 Å². The fourth-order valence-corrected chi connectivity index (χ4v) is 23.8. The second-order valence-corrected chi connectivity index (χ2v) is 39.7. The average Bonchev–Trinajstić information content (AvgIpc) is 3.24. The number of hydrogen-bond acceptors (Lipinski definition) is 2. The third-order valence-corrected chi connectivity index (χ3v) is 25.1. The number of hydrogen-bond donors (Lipinski definition) is 0. The van der Waals surface area contributed by atoms with E-state index in [0.29, 0.717) is 0 Å². The topological polar surface area (TPSA) is 34.1 Å². The molecule has 0 aliphatic carbocycles. The van der Waals surface area contributed by atoms with Crippen LogP contribution in [0.15, 0.2) is 176 Å². The van der Waals surface area contributed by atoms with Crippen LogP contribution >= 0.6 is 14.3 Å². The fourth-order valence-electron chi connectivity index (χ4n) is 9.11. The summed E-state index contributed by atoms with van der Waals surface area (Å²) in [6, 6.07) is 61.3. The molecule has 2 nitrogen and oxygen atoms in total. The van der Waals surface area contributed by atoms with Crippen molar-refractivity contribution >= 4 is 107 Å². The molecule has 7 heteroatoms. The molecule has 0 aliphatic heterocycles. The van der Waals surface area contributed by atoms with E-state index in [1.54, 1.807) is 0 Å². The zero-order valence-electron chi connectivity index (χ0n) is 36.5. The molecule has 0 amide bonds. The third-order valence-electron chi connectivity index (χ3n) is 12.0. The molecule has 0 heterocycles. The van der Waals surface area contributed by atoms with Gasteiger partial charge in [-0.15, -0.1) is 0 Å². The molecule has 0 N–H and O–H groups in total. The summed E-state index contributed by atoms with van der Waals surface area (Å²) in [6.45, 7) is 21.3. The highest BCUT2D eigenvalue weighted by Gasteiger charge is 2.44. The summed E-state index contributed by atoms with van der Waals surface area (Å²) in [4.78, 5) is 0. The van der Waals surface area contributed by atoms with E-state index in [0.717, 1.165) is 64.5 Å². The molecule has 0 aromatic heterocycles. The van der Waals surface area contributed by atoms with Crippen molar-refractivity contribution in [1.29, 1.82) is 0 Å². The van der Waals surface area contributed by atoms with Gasteiger partial charge in [-0.25, -0.2) is 0 Å². The number of rotatable bonds is 10. The van der Waals surface area contributed by atoms with E-state index in [-0.39, 0.29) is 0 Å². The van der Waals surface area contributed by atoms with E-state index < -0.39 is 38.5 Å². The summed E-state index contributed by atoms with van der Waals surface area (Å²) >= 11 is 0. The maximum atomic E-state index is 17.8. The minimum absolute atomic E-state index is 0.787. The van der Waals surface area contributed by atoms with Gasteiger partial charge in [0.2, 0.25) is 0 Å². The number of fused-ring (bicyclic) bond motifs is 2. The van der Waals surface area contributed by atoms with Gasteiger partial charge >= 0.3 is 0 Å². The van der Waals surface area contributed by atoms with E-state index in [2.05, 4.69) is 198 Å². The first-order valence-electron chi connectivity index (χ1n) is 21.1. The quantitative estimate of drug-likeness (QED) is 0.101. The maximum absolute atomic E-state index is 17.8. The minimum Gasteiger partial charge on any atom is -0.309 e. The van der Waals surface area contributed by atoms with Gasteiger partial charge in [-0.3, -0.25) is 0 Å². The molecule has 8 aromatic rings. The second-order valence-electron chi connectivity index (χ2n) is 19.2. The predicted molar refractivity (Wildman–Crippen MR) is 275 cm³/mol. The summed E-state index contributed by atoms with van der Waals surface area (Å²) in [6.07, 6.45) is 0. The predicted octanol–water partition coefficient (Wildman–Crippen LogP) is 10.6. The van der Waals surface area contributed by atoms with E-state index in [1.165, 1.54) is 15.6 Å². The van der Waals surface area contributed by atoms with E-state index in [1.807, 2.05) is 36.4 Å². The molecule has 0 bridgehead atoms. The summed E-state index contributed by atoms with van der Waals surface area (Å²) in [5.74, 6) is 0. The highest BCUT2D eigenvalue weighted by atomic mass is 31.2. The van der Waals surface area contributed by atoms with Crippen molar-refractivity contribution in [2.45, 2.75) is 58.9 Å². The van der Waals surface area contributed by atoms with Gasteiger partial charge in [0.25, 0.3) is 0 Å². The molecule has 302 valence electrons. The van der Waals surface area contributed by atoms with Crippen molar-refractivity contribution in [3.63, 3.8) is 0 Å². The standard InChI is InChI=1S/C53H56O2P2Si3/c1-58(2,3)48-34-22-20-32-45(48)56(54,41-26-12-10-13-27-41)47-37-36-39-24-16-18-30-43(39)51(47)52-44-31-19-17-25-40(44)38-50(60(7,8)9)53(52)57(55,42-28-14-11-15-29-42)46-33-21-23-35-49(46)59(4,5)6/h10-38H,1-9H3. The van der Waals surface area contributed by atoms with Crippen LogP contribution in [0, 0.1) is 0 Å². The molecule has 0 radical (unpaired) electrons. The Balaban J connectivity index is 1.69. The Kier molecular flexibility index (Phi) is 11.0. The molecule has 8 rings (SSSR count). The van der Waals surface area contributed by atoms with Crippen molar-refractivity contribution < 1.29 is 9.13 Å². The van der Waals surface area contributed by atoms with Crippen molar-refractivity contribution in [2.75, 3.05) is 0 Å². The van der Waals surface area contributed by atoms with Crippen LogP contribution in [0.2, 0.25) is 58.9 Å². The number of benzene rings is 8. The molecule has 0 fully saturated rings. The van der Waals surface area contributed by atoms with E-state index >= 15 is 9.13 Å². The molecule has 60 heavy (non-hydrogen) atoms. The first kappa shape index (κ1) is 42.1. The SMILES string of the molecule is C[Si](C)(C)c1ccccc1P(=O)(c1ccccc1)c1ccc2ccccc2c1-c1c(P(=O)(c2ccccc2)c2ccccc2[Si](C)(C)C)c([Si](C)(C)C)cc2ccccc12. The molecule has 2 atom stereocenters. The Bertz CT molecular complexity index is 2990. The lowest BCUT2D eigenvalue weighted by atomic mass is 9.93. The Morgan fingerprint density at radius 3 is 1.25 bits per heavy atom. The summed E-state index contributed by atoms with van der Waals surface area (Å²) < 4.78 is 35.2. The lowest BCUT2D eigenvalue weighted by Gasteiger charge is -2.35. The zero-order chi connectivity index (χ0) is 42.7. The van der Waals surface area contributed by atoms with Crippen LogP contribution in [0.4, 0.5) is 0 Å². The Hall–Kier alpha value is -4.61. The van der Waals surface area contributed by atoms with Crippen LogP contribution in [-0.4, -0.2) is 24.2 Å². The molecule has 2 unspecified atom stereocenters. The third kappa shape index (κ3) is 7.23. The average molecular weight is 871 g/mol. The molecule has 0 spiro atoms. The van der Waals surface area contributed by atoms with Crippen LogP contribution in [0.1, 0.15) is 0 Å². The zero-order valence-corrected chi connectivity index (χ0v) is 41.2. The van der Waals surface area contributed by atoms with Crippen LogP contribution in [-0.2, 0) is 9.13 Å². The molecular formula is C53H56O2P2Si3. The molecule has 0 saturated heterocycles. The van der Waals surface area contributed by atoms with Crippen molar-refractivity contribution in [2.24, 2.45) is 0 Å². The van der Waals surface area contributed by atoms with Gasteiger partial charge < -0.3 is 9.13 Å². The van der Waals surface area contributed by atoms with Gasteiger partial charge in [0.05, 0.1) is 24.2 Å². The van der Waals surface area contributed by atoms with Crippen LogP contribution in [0.25, 0.3) is 32.7 Å². The largest absolute Gasteiger partial charge is 0.309 e. The molecular weight excluding hydrogens is 815 g/mol. The molecule has 8 aromatic carbocycles. The van der Waals surface area contributed by atoms with Crippen LogP contribution in [0.5, 0.6) is 0 Å². The van der Waals surface area contributed by atoms with Gasteiger partial charge in [-0.05, 0) is 43.2 Å². The highest BCUT2D eigenvalue weighted by Crippen LogP contribution is 2.51. The van der Waals surface area contributed by atoms with Gasteiger partial charge in [-0.2, -0.15) is 0 Å². The first-order chi connectivity index (χ1) is 28.5. The lowest BCUT2D eigenvalue weighted by Crippen LogP contribution is -2.54. The second kappa shape index (κ2) is 15.7. The normalized spacial score (nSPS) is 14.5. The molecule has 0 saturated carbocycles. The van der Waals surface area contributed by atoms with Gasteiger partial charge in [0, 0.05) is 43.0 Å². The summed E-state index contributed by atoms with van der Waals surface area (Å²) in [7, 11) is -13.8. The summed E-state index contributed by atoms with van der Waals surface area (Å²) in [5.41, 5.74) is 1.86. The van der Waals surface area contributed by atoms with Crippen molar-refractivity contribution in [3.8, 4) is 11.1 Å². The lowest BCUT2D eigenvalue weighted by molar-refractivity contribution is 0.591. The van der Waals surface area contributed by atoms with Crippen LogP contribution in [0.3, 0.4) is 0 Å². The highest BCUT2D eigenvalue weighted by molar-refractivity contribution is 7.87. The molecule has 0 aliphatic rings. The maximum Gasteiger partial charge on any atom is 0.171 e. The Morgan fingerprint density at radius 1 is 0.333 bits per heavy atom. The van der Waals surface area contributed by atoms with Gasteiger partial charge in [0.15, 0.2) is 14.3 Å². The Labute approximate surface area is 360 Å².